The summed E-state index contributed by atoms with van der Waals surface area (Å²) in [6, 6.07) is 4.86. The van der Waals surface area contributed by atoms with E-state index in [1.807, 2.05) is 5.43 Å². The van der Waals surface area contributed by atoms with Gasteiger partial charge in [0, 0.05) is 4.47 Å². The van der Waals surface area contributed by atoms with Crippen molar-refractivity contribution in [3.8, 4) is 12.1 Å². The van der Waals surface area contributed by atoms with E-state index in [1.165, 1.54) is 6.07 Å². The molecule has 0 amide bonds. The third-order valence-corrected chi connectivity index (χ3v) is 2.79. The molecule has 10 heteroatoms. The number of benzene rings is 1. The molecule has 4 N–H and O–H groups in total. The smallest absolute Gasteiger partial charge is 0.382 e. The van der Waals surface area contributed by atoms with E-state index in [0.717, 1.165) is 6.07 Å². The molecule has 0 radical (unpaired) electrons. The Bertz CT molecular complexity index is 696. The predicted molar refractivity (Wildman–Crippen MR) is 72.4 cm³/mol. The van der Waals surface area contributed by atoms with Gasteiger partial charge in [-0.25, -0.2) is 0 Å². The minimum Gasteiger partial charge on any atom is -0.382 e. The molecule has 0 unspecified atom stereocenters. The Morgan fingerprint density at radius 3 is 2.43 bits per heavy atom. The minimum atomic E-state index is -4.74. The highest BCUT2D eigenvalue weighted by molar-refractivity contribution is 9.10. The topological polar surface area (TPSA) is 122 Å². The monoisotopic (exact) mass is 358 g/mol. The van der Waals surface area contributed by atoms with Gasteiger partial charge in [-0.05, 0) is 28.1 Å². The molecule has 0 spiro atoms. The molecule has 0 atom stereocenters. The van der Waals surface area contributed by atoms with E-state index < -0.39 is 29.0 Å². The fourth-order valence-electron chi connectivity index (χ4n) is 1.27. The van der Waals surface area contributed by atoms with Gasteiger partial charge in [-0.2, -0.15) is 28.8 Å². The van der Waals surface area contributed by atoms with Crippen LogP contribution in [0, 0.1) is 28.1 Å². The lowest BCUT2D eigenvalue weighted by atomic mass is 10.1. The summed E-state index contributed by atoms with van der Waals surface area (Å²) in [7, 11) is 0. The zero-order valence-corrected chi connectivity index (χ0v) is 11.7. The van der Waals surface area contributed by atoms with Crippen LogP contribution in [0.15, 0.2) is 21.7 Å². The molecular formula is C11H6BrF3N6. The molecule has 0 heterocycles. The van der Waals surface area contributed by atoms with Crippen molar-refractivity contribution in [2.75, 3.05) is 5.43 Å². The van der Waals surface area contributed by atoms with Crippen molar-refractivity contribution in [2.45, 2.75) is 6.18 Å². The Morgan fingerprint density at radius 2 is 2.00 bits per heavy atom. The van der Waals surface area contributed by atoms with Gasteiger partial charge in [0.05, 0.1) is 22.9 Å². The SMILES string of the molecule is N#C/C(=N\Nc1c(Br)cc(C#N)cc1C(F)(F)F)C(=N)N. The van der Waals surface area contributed by atoms with E-state index in [4.69, 9.17) is 21.7 Å². The molecule has 108 valence electrons. The third kappa shape index (κ3) is 3.94. The van der Waals surface area contributed by atoms with E-state index in [1.54, 1.807) is 6.07 Å². The Hall–Kier alpha value is -2.59. The molecule has 1 aromatic carbocycles. The van der Waals surface area contributed by atoms with Crippen molar-refractivity contribution in [3.63, 3.8) is 0 Å². The lowest BCUT2D eigenvalue weighted by Crippen LogP contribution is -2.22. The van der Waals surface area contributed by atoms with E-state index in [-0.39, 0.29) is 10.0 Å². The first-order valence-electron chi connectivity index (χ1n) is 5.09. The first-order valence-corrected chi connectivity index (χ1v) is 5.89. The molecule has 0 aromatic heterocycles. The first kappa shape index (κ1) is 16.5. The number of hydrazone groups is 1. The van der Waals surface area contributed by atoms with Gasteiger partial charge in [0.15, 0.2) is 5.84 Å². The zero-order chi connectivity index (χ0) is 16.2. The van der Waals surface area contributed by atoms with Gasteiger partial charge in [-0.3, -0.25) is 10.8 Å². The number of halogens is 4. The summed E-state index contributed by atoms with van der Waals surface area (Å²) >= 11 is 2.89. The molecule has 6 nitrogen and oxygen atoms in total. The Balaban J connectivity index is 3.40. The average Bonchev–Trinajstić information content (AvgIpc) is 2.38. The first-order chi connectivity index (χ1) is 9.70. The number of nitriles is 2. The molecule has 0 saturated carbocycles. The van der Waals surface area contributed by atoms with Crippen molar-refractivity contribution >= 4 is 33.2 Å². The quantitative estimate of drug-likeness (QED) is 0.436. The zero-order valence-electron chi connectivity index (χ0n) is 10.1. The second-order valence-electron chi connectivity index (χ2n) is 3.59. The molecular weight excluding hydrogens is 353 g/mol. The van der Waals surface area contributed by atoms with Crippen LogP contribution in [-0.4, -0.2) is 11.5 Å². The number of alkyl halides is 3. The number of nitrogens with two attached hydrogens (primary N) is 1. The molecule has 1 rings (SSSR count). The van der Waals surface area contributed by atoms with E-state index in [0.29, 0.717) is 6.07 Å². The van der Waals surface area contributed by atoms with Crippen LogP contribution in [0.3, 0.4) is 0 Å². The van der Waals surface area contributed by atoms with Crippen molar-refractivity contribution in [3.05, 3.63) is 27.7 Å². The maximum absolute atomic E-state index is 13.0. The number of rotatable bonds is 3. The molecule has 1 aromatic rings. The molecule has 0 saturated heterocycles. The highest BCUT2D eigenvalue weighted by atomic mass is 79.9. The second kappa shape index (κ2) is 6.24. The summed E-state index contributed by atoms with van der Waals surface area (Å²) in [4.78, 5) is 0. The van der Waals surface area contributed by atoms with Crippen LogP contribution in [0.1, 0.15) is 11.1 Å². The summed E-state index contributed by atoms with van der Waals surface area (Å²) in [6.45, 7) is 0. The molecule has 0 aliphatic rings. The fraction of sp³-hybridized carbons (Fsp3) is 0.0909. The number of hydrogen-bond acceptors (Lipinski definition) is 5. The summed E-state index contributed by atoms with van der Waals surface area (Å²) in [5, 5.41) is 27.7. The van der Waals surface area contributed by atoms with Crippen LogP contribution in [-0.2, 0) is 6.18 Å². The molecule has 0 fully saturated rings. The number of nitrogens with zero attached hydrogens (tertiary/aromatic N) is 3. The van der Waals surface area contributed by atoms with Crippen molar-refractivity contribution in [2.24, 2.45) is 10.8 Å². The lowest BCUT2D eigenvalue weighted by Gasteiger charge is -2.14. The van der Waals surface area contributed by atoms with Crippen LogP contribution in [0.2, 0.25) is 0 Å². The van der Waals surface area contributed by atoms with Gasteiger partial charge in [0.1, 0.15) is 6.07 Å². The van der Waals surface area contributed by atoms with Crippen molar-refractivity contribution in [1.82, 2.24) is 0 Å². The van der Waals surface area contributed by atoms with E-state index in [2.05, 4.69) is 21.0 Å². The second-order valence-corrected chi connectivity index (χ2v) is 4.44. The average molecular weight is 359 g/mol. The van der Waals surface area contributed by atoms with Gasteiger partial charge in [-0.1, -0.05) is 0 Å². The largest absolute Gasteiger partial charge is 0.418 e. The predicted octanol–water partition coefficient (Wildman–Crippen LogP) is 2.57. The molecule has 21 heavy (non-hydrogen) atoms. The Labute approximate surface area is 125 Å². The lowest BCUT2D eigenvalue weighted by molar-refractivity contribution is -0.137. The number of hydrogen-bond donors (Lipinski definition) is 3. The Morgan fingerprint density at radius 1 is 1.38 bits per heavy atom. The van der Waals surface area contributed by atoms with Crippen LogP contribution < -0.4 is 11.2 Å². The van der Waals surface area contributed by atoms with Crippen LogP contribution >= 0.6 is 15.9 Å². The van der Waals surface area contributed by atoms with Crippen molar-refractivity contribution < 1.29 is 13.2 Å². The van der Waals surface area contributed by atoms with Crippen molar-refractivity contribution in [1.29, 1.82) is 15.9 Å². The standard InChI is InChI=1S/C11H6BrF3N6/c12-7-2-5(3-16)1-6(11(13,14)15)9(7)21-20-8(4-17)10(18)19/h1-2,21H,(H3,18,19)/b20-8+. The molecule has 0 aliphatic heterocycles. The van der Waals surface area contributed by atoms with Crippen LogP contribution in [0.25, 0.3) is 0 Å². The van der Waals surface area contributed by atoms with Crippen LogP contribution in [0.5, 0.6) is 0 Å². The number of anilines is 1. The third-order valence-electron chi connectivity index (χ3n) is 2.17. The van der Waals surface area contributed by atoms with E-state index in [9.17, 15) is 13.2 Å². The number of nitrogens with one attached hydrogen (secondary N) is 2. The minimum absolute atomic E-state index is 0.0709. The maximum atomic E-state index is 13.0. The van der Waals surface area contributed by atoms with Gasteiger partial charge < -0.3 is 5.73 Å². The van der Waals surface area contributed by atoms with Gasteiger partial charge in [0.2, 0.25) is 5.71 Å². The highest BCUT2D eigenvalue weighted by Gasteiger charge is 2.35. The molecule has 0 bridgehead atoms. The summed E-state index contributed by atoms with van der Waals surface area (Å²) in [6.07, 6.45) is -4.74. The molecule has 0 aliphatic carbocycles. The summed E-state index contributed by atoms with van der Waals surface area (Å²) in [5.41, 5.74) is 4.67. The maximum Gasteiger partial charge on any atom is 0.418 e. The summed E-state index contributed by atoms with van der Waals surface area (Å²) < 4.78 is 38.8. The van der Waals surface area contributed by atoms with Gasteiger partial charge in [0.25, 0.3) is 0 Å². The fourth-order valence-corrected chi connectivity index (χ4v) is 1.81. The van der Waals surface area contributed by atoms with Gasteiger partial charge >= 0.3 is 6.18 Å². The van der Waals surface area contributed by atoms with Gasteiger partial charge in [-0.15, -0.1) is 0 Å². The Kier molecular flexibility index (Phi) is 4.89. The number of amidine groups is 1. The van der Waals surface area contributed by atoms with Crippen LogP contribution in [0.4, 0.5) is 18.9 Å². The normalized spacial score (nSPS) is 11.4. The summed E-state index contributed by atoms with van der Waals surface area (Å²) in [5.74, 6) is -0.691. The highest BCUT2D eigenvalue weighted by Crippen LogP contribution is 2.39. The van der Waals surface area contributed by atoms with E-state index >= 15 is 0 Å².